The Kier molecular flexibility index (Phi) is 3.12. The predicted molar refractivity (Wildman–Crippen MR) is 92.6 cm³/mol. The van der Waals surface area contributed by atoms with E-state index in [-0.39, 0.29) is 5.56 Å². The molecule has 23 heavy (non-hydrogen) atoms. The molecule has 0 spiro atoms. The molecule has 0 atom stereocenters. The lowest BCUT2D eigenvalue weighted by molar-refractivity contribution is 0.768. The zero-order valence-electron chi connectivity index (χ0n) is 12.7. The fourth-order valence-electron chi connectivity index (χ4n) is 2.57. The fourth-order valence-corrected chi connectivity index (χ4v) is 3.52. The molecular formula is C17H14N4OS. The normalized spacial score (nSPS) is 11.2. The van der Waals surface area contributed by atoms with E-state index in [0.717, 1.165) is 21.5 Å². The van der Waals surface area contributed by atoms with Crippen LogP contribution in [0.4, 0.5) is 0 Å². The highest BCUT2D eigenvalue weighted by Crippen LogP contribution is 2.31. The predicted octanol–water partition coefficient (Wildman–Crippen LogP) is 3.36. The third kappa shape index (κ3) is 2.37. The van der Waals surface area contributed by atoms with Crippen molar-refractivity contribution in [3.05, 3.63) is 58.0 Å². The number of nitrogens with one attached hydrogen (secondary N) is 1. The second-order valence-electron chi connectivity index (χ2n) is 5.51. The molecule has 0 aliphatic carbocycles. The molecule has 3 heterocycles. The van der Waals surface area contributed by atoms with Gasteiger partial charge < -0.3 is 4.98 Å². The van der Waals surface area contributed by atoms with Gasteiger partial charge in [0.1, 0.15) is 10.7 Å². The van der Waals surface area contributed by atoms with Crippen LogP contribution in [0, 0.1) is 6.92 Å². The Labute approximate surface area is 136 Å². The van der Waals surface area contributed by atoms with Crippen molar-refractivity contribution in [3.63, 3.8) is 0 Å². The second kappa shape index (κ2) is 5.17. The third-order valence-electron chi connectivity index (χ3n) is 3.78. The van der Waals surface area contributed by atoms with Crippen LogP contribution in [0.1, 0.15) is 5.56 Å². The minimum Gasteiger partial charge on any atom is -0.306 e. The lowest BCUT2D eigenvalue weighted by Gasteiger charge is -2.01. The molecule has 1 aromatic carbocycles. The van der Waals surface area contributed by atoms with Crippen molar-refractivity contribution in [2.45, 2.75) is 6.92 Å². The number of hydrogen-bond donors (Lipinski definition) is 1. The molecule has 6 heteroatoms. The maximum absolute atomic E-state index is 12.6. The van der Waals surface area contributed by atoms with Gasteiger partial charge in [0.25, 0.3) is 5.56 Å². The first-order valence-electron chi connectivity index (χ1n) is 7.19. The van der Waals surface area contributed by atoms with Crippen LogP contribution in [0.15, 0.2) is 46.8 Å². The van der Waals surface area contributed by atoms with Crippen LogP contribution in [0.25, 0.3) is 32.7 Å². The molecule has 0 unspecified atom stereocenters. The van der Waals surface area contributed by atoms with Crippen molar-refractivity contribution >= 4 is 21.6 Å². The van der Waals surface area contributed by atoms with E-state index < -0.39 is 0 Å². The Morgan fingerprint density at radius 2 is 1.96 bits per heavy atom. The van der Waals surface area contributed by atoms with Gasteiger partial charge in [-0.15, -0.1) is 11.3 Å². The number of thiophene rings is 1. The highest BCUT2D eigenvalue weighted by atomic mass is 32.1. The van der Waals surface area contributed by atoms with Crippen LogP contribution in [0.3, 0.4) is 0 Å². The maximum Gasteiger partial charge on any atom is 0.260 e. The number of nitrogens with zero attached hydrogens (tertiary/aromatic N) is 3. The van der Waals surface area contributed by atoms with Gasteiger partial charge in [-0.1, -0.05) is 29.8 Å². The molecule has 0 aliphatic heterocycles. The van der Waals surface area contributed by atoms with E-state index in [1.54, 1.807) is 10.9 Å². The Morgan fingerprint density at radius 3 is 2.65 bits per heavy atom. The third-order valence-corrected chi connectivity index (χ3v) is 4.66. The molecule has 0 fully saturated rings. The average Bonchev–Trinajstić information content (AvgIpc) is 3.14. The quantitative estimate of drug-likeness (QED) is 0.615. The summed E-state index contributed by atoms with van der Waals surface area (Å²) in [6.45, 7) is 2.05. The molecule has 0 radical (unpaired) electrons. The van der Waals surface area contributed by atoms with Crippen molar-refractivity contribution in [3.8, 4) is 22.5 Å². The van der Waals surface area contributed by atoms with Gasteiger partial charge in [-0.3, -0.25) is 9.48 Å². The number of aryl methyl sites for hydroxylation is 2. The molecular weight excluding hydrogens is 308 g/mol. The van der Waals surface area contributed by atoms with Crippen LogP contribution in [-0.4, -0.2) is 19.7 Å². The van der Waals surface area contributed by atoms with Crippen molar-refractivity contribution in [1.82, 2.24) is 19.7 Å². The molecule has 0 saturated heterocycles. The van der Waals surface area contributed by atoms with Gasteiger partial charge >= 0.3 is 0 Å². The molecule has 114 valence electrons. The van der Waals surface area contributed by atoms with Crippen molar-refractivity contribution < 1.29 is 0 Å². The SMILES string of the molecule is Cc1ccc(-c2csc3nc(-c4cnn(C)c4)[nH]c(=O)c23)cc1. The number of fused-ring (bicyclic) bond motifs is 1. The molecule has 0 amide bonds. The first-order valence-corrected chi connectivity index (χ1v) is 8.07. The number of benzene rings is 1. The van der Waals surface area contributed by atoms with E-state index in [2.05, 4.69) is 15.1 Å². The van der Waals surface area contributed by atoms with E-state index >= 15 is 0 Å². The molecule has 1 N–H and O–H groups in total. The first kappa shape index (κ1) is 13.9. The van der Waals surface area contributed by atoms with Gasteiger partial charge in [-0.05, 0) is 12.5 Å². The van der Waals surface area contributed by atoms with E-state index in [9.17, 15) is 4.79 Å². The van der Waals surface area contributed by atoms with Gasteiger partial charge in [0.2, 0.25) is 0 Å². The Hall–Kier alpha value is -2.73. The topological polar surface area (TPSA) is 63.6 Å². The Bertz CT molecular complexity index is 1060. The number of aromatic nitrogens is 4. The molecule has 5 nitrogen and oxygen atoms in total. The molecule has 3 aromatic heterocycles. The van der Waals surface area contributed by atoms with Crippen molar-refractivity contribution in [2.75, 3.05) is 0 Å². The lowest BCUT2D eigenvalue weighted by atomic mass is 10.1. The number of hydrogen-bond acceptors (Lipinski definition) is 4. The minimum absolute atomic E-state index is 0.120. The van der Waals surface area contributed by atoms with Crippen molar-refractivity contribution in [1.29, 1.82) is 0 Å². The molecule has 4 rings (SSSR count). The van der Waals surface area contributed by atoms with Crippen LogP contribution in [0.5, 0.6) is 0 Å². The second-order valence-corrected chi connectivity index (χ2v) is 6.37. The van der Waals surface area contributed by atoms with E-state index in [1.165, 1.54) is 16.9 Å². The highest BCUT2D eigenvalue weighted by molar-refractivity contribution is 7.17. The lowest BCUT2D eigenvalue weighted by Crippen LogP contribution is -2.08. The largest absolute Gasteiger partial charge is 0.306 e. The summed E-state index contributed by atoms with van der Waals surface area (Å²) in [5.74, 6) is 0.549. The summed E-state index contributed by atoms with van der Waals surface area (Å²) in [5, 5.41) is 6.76. The van der Waals surface area contributed by atoms with E-state index in [0.29, 0.717) is 11.2 Å². The molecule has 4 aromatic rings. The number of H-pyrrole nitrogens is 1. The summed E-state index contributed by atoms with van der Waals surface area (Å²) < 4.78 is 1.69. The fraction of sp³-hybridized carbons (Fsp3) is 0.118. The number of aromatic amines is 1. The summed E-state index contributed by atoms with van der Waals surface area (Å²) in [4.78, 5) is 20.8. The maximum atomic E-state index is 12.6. The molecule has 0 aliphatic rings. The van der Waals surface area contributed by atoms with Crippen LogP contribution in [-0.2, 0) is 7.05 Å². The van der Waals surface area contributed by atoms with Gasteiger partial charge in [-0.25, -0.2) is 4.98 Å². The average molecular weight is 322 g/mol. The number of rotatable bonds is 2. The smallest absolute Gasteiger partial charge is 0.260 e. The van der Waals surface area contributed by atoms with Crippen LogP contribution >= 0.6 is 11.3 Å². The summed E-state index contributed by atoms with van der Waals surface area (Å²) in [6.07, 6.45) is 3.52. The Morgan fingerprint density at radius 1 is 1.17 bits per heavy atom. The Balaban J connectivity index is 1.90. The minimum atomic E-state index is -0.120. The van der Waals surface area contributed by atoms with Gasteiger partial charge in [-0.2, -0.15) is 5.10 Å². The van der Waals surface area contributed by atoms with Crippen LogP contribution < -0.4 is 5.56 Å². The zero-order chi connectivity index (χ0) is 16.0. The molecule has 0 saturated carbocycles. The van der Waals surface area contributed by atoms with Crippen molar-refractivity contribution in [2.24, 2.45) is 7.05 Å². The summed E-state index contributed by atoms with van der Waals surface area (Å²) in [6, 6.07) is 8.16. The van der Waals surface area contributed by atoms with E-state index in [4.69, 9.17) is 0 Å². The summed E-state index contributed by atoms with van der Waals surface area (Å²) in [7, 11) is 1.83. The zero-order valence-corrected chi connectivity index (χ0v) is 13.5. The highest BCUT2D eigenvalue weighted by Gasteiger charge is 2.14. The van der Waals surface area contributed by atoms with Gasteiger partial charge in [0.15, 0.2) is 0 Å². The summed E-state index contributed by atoms with van der Waals surface area (Å²) in [5.41, 5.74) is 3.83. The van der Waals surface area contributed by atoms with Gasteiger partial charge in [0.05, 0.1) is 17.1 Å². The molecule has 0 bridgehead atoms. The van der Waals surface area contributed by atoms with Gasteiger partial charge in [0, 0.05) is 24.2 Å². The first-order chi connectivity index (χ1) is 11.1. The monoisotopic (exact) mass is 322 g/mol. The van der Waals surface area contributed by atoms with E-state index in [1.807, 2.05) is 49.8 Å². The van der Waals surface area contributed by atoms with Crippen LogP contribution in [0.2, 0.25) is 0 Å². The standard InChI is InChI=1S/C17H14N4OS/c1-10-3-5-11(6-4-10)13-9-23-17-14(13)16(22)19-15(20-17)12-7-18-21(2)8-12/h3-9H,1-2H3,(H,19,20,22). The summed E-state index contributed by atoms with van der Waals surface area (Å²) >= 11 is 1.48.